The predicted octanol–water partition coefficient (Wildman–Crippen LogP) is -0.346. The summed E-state index contributed by atoms with van der Waals surface area (Å²) in [6, 6.07) is 0. The predicted molar refractivity (Wildman–Crippen MR) is 67.8 cm³/mol. The quantitative estimate of drug-likeness (QED) is 0.393. The molecule has 6 nitrogen and oxygen atoms in total. The van der Waals surface area contributed by atoms with Crippen molar-refractivity contribution in [1.82, 2.24) is 9.80 Å². The fourth-order valence-electron chi connectivity index (χ4n) is 3.87. The number of amides is 4. The van der Waals surface area contributed by atoms with Gasteiger partial charge < -0.3 is 0 Å². The van der Waals surface area contributed by atoms with Crippen LogP contribution in [0.15, 0.2) is 12.2 Å². The molecular weight excluding hydrogens is 260 g/mol. The van der Waals surface area contributed by atoms with E-state index in [1.54, 1.807) is 0 Å². The highest BCUT2D eigenvalue weighted by Gasteiger charge is 2.59. The first-order valence-corrected chi connectivity index (χ1v) is 6.69. The van der Waals surface area contributed by atoms with Gasteiger partial charge in [0.1, 0.15) is 0 Å². The van der Waals surface area contributed by atoms with Crippen LogP contribution in [0.1, 0.15) is 6.42 Å². The summed E-state index contributed by atoms with van der Waals surface area (Å²) in [5.41, 5.74) is 0. The fourth-order valence-corrected chi connectivity index (χ4v) is 3.87. The number of hydrogen-bond donors (Lipinski definition) is 0. The van der Waals surface area contributed by atoms with Gasteiger partial charge in [-0.25, -0.2) is 0 Å². The minimum Gasteiger partial charge on any atom is -0.288 e. The minimum absolute atomic E-state index is 0.0830. The number of hydrogen-bond acceptors (Lipinski definition) is 4. The lowest BCUT2D eigenvalue weighted by Crippen LogP contribution is -2.49. The van der Waals surface area contributed by atoms with Gasteiger partial charge in [-0.3, -0.25) is 29.0 Å². The largest absolute Gasteiger partial charge is 0.288 e. The lowest BCUT2D eigenvalue weighted by atomic mass is 9.58. The van der Waals surface area contributed by atoms with E-state index in [1.807, 2.05) is 12.2 Å². The van der Waals surface area contributed by atoms with E-state index in [9.17, 15) is 19.2 Å². The topological polar surface area (TPSA) is 74.8 Å². The van der Waals surface area contributed by atoms with Crippen molar-refractivity contribution in [3.63, 3.8) is 0 Å². The summed E-state index contributed by atoms with van der Waals surface area (Å²) in [6.07, 6.45) is 4.84. The molecule has 0 aromatic carbocycles. The Balaban J connectivity index is 1.95. The van der Waals surface area contributed by atoms with Crippen molar-refractivity contribution in [3.8, 4) is 0 Å². The smallest absolute Gasteiger partial charge is 0.233 e. The van der Waals surface area contributed by atoms with Gasteiger partial charge in [-0.15, -0.1) is 0 Å². The van der Waals surface area contributed by atoms with Crippen molar-refractivity contribution in [3.05, 3.63) is 12.2 Å². The Hall–Kier alpha value is -1.98. The number of nitrogens with zero attached hydrogens (tertiary/aromatic N) is 2. The molecule has 6 heteroatoms. The van der Waals surface area contributed by atoms with Crippen LogP contribution in [0.5, 0.6) is 0 Å². The highest BCUT2D eigenvalue weighted by molar-refractivity contribution is 6.06. The molecule has 5 unspecified atom stereocenters. The molecule has 0 N–H and O–H groups in total. The lowest BCUT2D eigenvalue weighted by Gasteiger charge is -2.43. The zero-order valence-corrected chi connectivity index (χ0v) is 11.4. The Labute approximate surface area is 116 Å². The molecule has 0 spiro atoms. The van der Waals surface area contributed by atoms with E-state index in [-0.39, 0.29) is 41.4 Å². The number of likely N-dealkylation sites (tertiary alicyclic amines) is 1. The van der Waals surface area contributed by atoms with Crippen LogP contribution in [0, 0.1) is 29.6 Å². The molecular formula is C14H16N2O4. The van der Waals surface area contributed by atoms with Crippen LogP contribution in [0.25, 0.3) is 0 Å². The molecule has 0 aromatic rings. The molecule has 2 bridgehead atoms. The van der Waals surface area contributed by atoms with Crippen molar-refractivity contribution in [2.24, 2.45) is 29.6 Å². The molecule has 3 aliphatic carbocycles. The molecule has 20 heavy (non-hydrogen) atoms. The van der Waals surface area contributed by atoms with Crippen LogP contribution in [0.4, 0.5) is 0 Å². The molecule has 1 saturated heterocycles. The van der Waals surface area contributed by atoms with Crippen molar-refractivity contribution in [2.75, 3.05) is 14.1 Å². The standard InChI is InChI=1S/C14H16N2O4/c1-15(6-17)12(18)9-5-7-3-4-8(9)11-10(7)13(19)16(2)14(11)20/h3-4,6-11H,5H2,1-2H3. The van der Waals surface area contributed by atoms with Gasteiger partial charge in [0.15, 0.2) is 0 Å². The molecule has 4 amide bonds. The molecule has 1 aliphatic heterocycles. The van der Waals surface area contributed by atoms with Crippen molar-refractivity contribution in [1.29, 1.82) is 0 Å². The molecule has 1 saturated carbocycles. The van der Waals surface area contributed by atoms with Crippen LogP contribution < -0.4 is 0 Å². The van der Waals surface area contributed by atoms with Gasteiger partial charge in [0.2, 0.25) is 24.1 Å². The van der Waals surface area contributed by atoms with Gasteiger partial charge in [-0.2, -0.15) is 0 Å². The zero-order chi connectivity index (χ0) is 14.6. The molecule has 0 radical (unpaired) electrons. The monoisotopic (exact) mass is 276 g/mol. The van der Waals surface area contributed by atoms with Crippen molar-refractivity contribution in [2.45, 2.75) is 6.42 Å². The van der Waals surface area contributed by atoms with Crippen LogP contribution >= 0.6 is 0 Å². The second-order valence-corrected chi connectivity index (χ2v) is 5.81. The molecule has 2 fully saturated rings. The van der Waals surface area contributed by atoms with E-state index in [2.05, 4.69) is 0 Å². The zero-order valence-electron chi connectivity index (χ0n) is 11.4. The molecule has 106 valence electrons. The summed E-state index contributed by atoms with van der Waals surface area (Å²) in [4.78, 5) is 49.5. The number of carbonyl (C=O) groups is 4. The second kappa shape index (κ2) is 4.26. The van der Waals surface area contributed by atoms with Crippen LogP contribution in [0.3, 0.4) is 0 Å². The summed E-state index contributed by atoms with van der Waals surface area (Å²) in [7, 11) is 2.92. The Bertz CT molecular complexity index is 541. The number of fused-ring (bicyclic) bond motifs is 1. The Morgan fingerprint density at radius 2 is 1.95 bits per heavy atom. The summed E-state index contributed by atoms with van der Waals surface area (Å²) in [5, 5.41) is 0. The highest BCUT2D eigenvalue weighted by Crippen LogP contribution is 2.52. The summed E-state index contributed by atoms with van der Waals surface area (Å²) in [5.74, 6) is -2.13. The first-order valence-electron chi connectivity index (χ1n) is 6.69. The van der Waals surface area contributed by atoms with Crippen LogP contribution in [-0.2, 0) is 19.2 Å². The van der Waals surface area contributed by atoms with Crippen LogP contribution in [0.2, 0.25) is 0 Å². The molecule has 1 heterocycles. The fraction of sp³-hybridized carbons (Fsp3) is 0.571. The van der Waals surface area contributed by atoms with E-state index < -0.39 is 5.92 Å². The number of carbonyl (C=O) groups excluding carboxylic acids is 4. The van der Waals surface area contributed by atoms with Crippen LogP contribution in [-0.4, -0.2) is 48.0 Å². The average molecular weight is 276 g/mol. The molecule has 4 aliphatic rings. The van der Waals surface area contributed by atoms with Gasteiger partial charge in [0, 0.05) is 25.9 Å². The van der Waals surface area contributed by atoms with E-state index in [0.29, 0.717) is 12.8 Å². The normalized spacial score (nSPS) is 38.1. The third kappa shape index (κ3) is 1.50. The van der Waals surface area contributed by atoms with Gasteiger partial charge in [-0.1, -0.05) is 12.2 Å². The maximum absolute atomic E-state index is 12.2. The molecule has 4 rings (SSSR count). The Morgan fingerprint density at radius 1 is 1.30 bits per heavy atom. The molecule has 5 atom stereocenters. The maximum atomic E-state index is 12.2. The maximum Gasteiger partial charge on any atom is 0.233 e. The average Bonchev–Trinajstić information content (AvgIpc) is 2.72. The van der Waals surface area contributed by atoms with E-state index in [0.717, 1.165) is 4.90 Å². The first-order chi connectivity index (χ1) is 9.47. The second-order valence-electron chi connectivity index (χ2n) is 5.81. The first kappa shape index (κ1) is 13.0. The SMILES string of the molecule is CN(C=O)C(=O)C1CC2C=CC1C1C(=O)N(C)C(=O)C21. The Morgan fingerprint density at radius 3 is 2.60 bits per heavy atom. The van der Waals surface area contributed by atoms with Crippen molar-refractivity contribution >= 4 is 24.1 Å². The number of imide groups is 2. The van der Waals surface area contributed by atoms with Gasteiger partial charge >= 0.3 is 0 Å². The van der Waals surface area contributed by atoms with E-state index >= 15 is 0 Å². The third-order valence-corrected chi connectivity index (χ3v) is 4.89. The lowest BCUT2D eigenvalue weighted by molar-refractivity contribution is -0.145. The minimum atomic E-state index is -0.440. The molecule has 0 aromatic heterocycles. The Kier molecular flexibility index (Phi) is 2.77. The van der Waals surface area contributed by atoms with Gasteiger partial charge in [0.05, 0.1) is 11.8 Å². The van der Waals surface area contributed by atoms with Gasteiger partial charge in [-0.05, 0) is 12.3 Å². The van der Waals surface area contributed by atoms with Gasteiger partial charge in [0.25, 0.3) is 0 Å². The van der Waals surface area contributed by atoms with E-state index in [1.165, 1.54) is 19.0 Å². The van der Waals surface area contributed by atoms with Crippen molar-refractivity contribution < 1.29 is 19.2 Å². The van der Waals surface area contributed by atoms with E-state index in [4.69, 9.17) is 0 Å². The summed E-state index contributed by atoms with van der Waals surface area (Å²) < 4.78 is 0. The third-order valence-electron chi connectivity index (χ3n) is 4.89. The summed E-state index contributed by atoms with van der Waals surface area (Å²) >= 11 is 0. The number of allylic oxidation sites excluding steroid dienone is 2. The summed E-state index contributed by atoms with van der Waals surface area (Å²) in [6.45, 7) is 0. The number of rotatable bonds is 2. The highest BCUT2D eigenvalue weighted by atomic mass is 16.2.